The molecular weight excluding hydrogens is 309 g/mol. The average Bonchev–Trinajstić information content (AvgIpc) is 3.10. The number of rotatable bonds is 6. The number of para-hydroxylation sites is 1. The Morgan fingerprint density at radius 2 is 2.17 bits per heavy atom. The van der Waals surface area contributed by atoms with E-state index in [-0.39, 0.29) is 30.7 Å². The number of benzene rings is 1. The summed E-state index contributed by atoms with van der Waals surface area (Å²) in [5.41, 5.74) is 0. The molecule has 0 aliphatic carbocycles. The number of carbonyl (C=O) groups excluding carboxylic acids is 1. The van der Waals surface area contributed by atoms with Gasteiger partial charge in [0.1, 0.15) is 0 Å². The smallest absolute Gasteiger partial charge is 0.226 e. The van der Waals surface area contributed by atoms with Crippen LogP contribution in [0.3, 0.4) is 0 Å². The molecule has 0 spiro atoms. The first-order valence-corrected chi connectivity index (χ1v) is 8.38. The summed E-state index contributed by atoms with van der Waals surface area (Å²) in [6.45, 7) is 1.67. The van der Waals surface area contributed by atoms with E-state index in [0.29, 0.717) is 6.54 Å². The van der Waals surface area contributed by atoms with Crippen molar-refractivity contribution in [1.29, 1.82) is 0 Å². The minimum Gasteiger partial charge on any atom is -0.490 e. The molecule has 1 amide bonds. The first kappa shape index (κ1) is 16.5. The lowest BCUT2D eigenvalue weighted by atomic mass is 10.0. The third-order valence-electron chi connectivity index (χ3n) is 4.31. The maximum Gasteiger partial charge on any atom is 0.226 e. The van der Waals surface area contributed by atoms with Gasteiger partial charge in [-0.3, -0.25) is 9.48 Å². The topological polar surface area (TPSA) is 47.4 Å². The Kier molecular flexibility index (Phi) is 5.46. The van der Waals surface area contributed by atoms with E-state index >= 15 is 0 Å². The molecule has 0 radical (unpaired) electrons. The van der Waals surface area contributed by atoms with Gasteiger partial charge in [0, 0.05) is 18.9 Å². The number of halogens is 1. The van der Waals surface area contributed by atoms with E-state index in [1.807, 2.05) is 21.8 Å². The van der Waals surface area contributed by atoms with Crippen molar-refractivity contribution in [2.24, 2.45) is 0 Å². The van der Waals surface area contributed by atoms with Gasteiger partial charge in [-0.2, -0.15) is 5.10 Å². The van der Waals surface area contributed by atoms with Gasteiger partial charge in [-0.25, -0.2) is 4.39 Å². The Morgan fingerprint density at radius 1 is 1.29 bits per heavy atom. The number of hydrogen-bond donors (Lipinski definition) is 0. The Labute approximate surface area is 141 Å². The van der Waals surface area contributed by atoms with Gasteiger partial charge in [0.25, 0.3) is 0 Å². The van der Waals surface area contributed by atoms with E-state index in [1.165, 1.54) is 6.07 Å². The summed E-state index contributed by atoms with van der Waals surface area (Å²) in [4.78, 5) is 14.5. The molecule has 0 unspecified atom stereocenters. The van der Waals surface area contributed by atoms with Gasteiger partial charge in [-0.1, -0.05) is 12.1 Å². The van der Waals surface area contributed by atoms with E-state index < -0.39 is 5.82 Å². The van der Waals surface area contributed by atoms with Crippen molar-refractivity contribution in [3.63, 3.8) is 0 Å². The third-order valence-corrected chi connectivity index (χ3v) is 4.31. The van der Waals surface area contributed by atoms with Gasteiger partial charge in [-0.15, -0.1) is 0 Å². The molecule has 5 nitrogen and oxygen atoms in total. The van der Waals surface area contributed by atoms with Crippen molar-refractivity contribution in [2.45, 2.75) is 38.3 Å². The standard InChI is InChI=1S/C18H22FN3O2/c19-16-7-1-2-8-17(16)24-13-9-18(23)22-12-4-3-6-15(22)14-21-11-5-10-20-21/h1-2,5,7-8,10-11,15H,3-4,6,9,12-14H2/t15-/m1/s1. The summed E-state index contributed by atoms with van der Waals surface area (Å²) >= 11 is 0. The molecule has 0 N–H and O–H groups in total. The molecule has 2 heterocycles. The molecular formula is C18H22FN3O2. The Bertz CT molecular complexity index is 660. The van der Waals surface area contributed by atoms with Gasteiger partial charge in [0.05, 0.1) is 25.6 Å². The number of ether oxygens (including phenoxy) is 1. The van der Waals surface area contributed by atoms with Gasteiger partial charge in [0.2, 0.25) is 5.91 Å². The van der Waals surface area contributed by atoms with E-state index in [4.69, 9.17) is 4.74 Å². The van der Waals surface area contributed by atoms with Crippen LogP contribution in [0.1, 0.15) is 25.7 Å². The number of carbonyl (C=O) groups is 1. The first-order valence-electron chi connectivity index (χ1n) is 8.38. The molecule has 24 heavy (non-hydrogen) atoms. The lowest BCUT2D eigenvalue weighted by Crippen LogP contribution is -2.46. The monoisotopic (exact) mass is 331 g/mol. The molecule has 128 valence electrons. The molecule has 1 fully saturated rings. The molecule has 1 aliphatic heterocycles. The molecule has 1 aromatic carbocycles. The highest BCUT2D eigenvalue weighted by Gasteiger charge is 2.26. The lowest BCUT2D eigenvalue weighted by Gasteiger charge is -2.35. The highest BCUT2D eigenvalue weighted by Crippen LogP contribution is 2.20. The maximum atomic E-state index is 13.5. The SMILES string of the molecule is O=C(CCOc1ccccc1F)N1CCCC[C@@H]1Cn1cccn1. The van der Waals surface area contributed by atoms with Crippen molar-refractivity contribution in [2.75, 3.05) is 13.2 Å². The number of aromatic nitrogens is 2. The van der Waals surface area contributed by atoms with E-state index in [1.54, 1.807) is 24.4 Å². The fraction of sp³-hybridized carbons (Fsp3) is 0.444. The van der Waals surface area contributed by atoms with Crippen LogP contribution in [0.15, 0.2) is 42.7 Å². The molecule has 0 saturated carbocycles. The molecule has 1 aliphatic rings. The van der Waals surface area contributed by atoms with Gasteiger partial charge in [-0.05, 0) is 37.5 Å². The summed E-state index contributed by atoms with van der Waals surface area (Å²) in [6.07, 6.45) is 7.05. The van der Waals surface area contributed by atoms with Crippen LogP contribution < -0.4 is 4.74 Å². The van der Waals surface area contributed by atoms with Crippen molar-refractivity contribution >= 4 is 5.91 Å². The second kappa shape index (κ2) is 7.95. The van der Waals surface area contributed by atoms with Crippen molar-refractivity contribution < 1.29 is 13.9 Å². The number of nitrogens with zero attached hydrogens (tertiary/aromatic N) is 3. The quantitative estimate of drug-likeness (QED) is 0.818. The predicted octanol–water partition coefficient (Wildman–Crippen LogP) is 2.87. The highest BCUT2D eigenvalue weighted by atomic mass is 19.1. The maximum absolute atomic E-state index is 13.5. The lowest BCUT2D eigenvalue weighted by molar-refractivity contribution is -0.135. The van der Waals surface area contributed by atoms with E-state index in [9.17, 15) is 9.18 Å². The average molecular weight is 331 g/mol. The van der Waals surface area contributed by atoms with Crippen LogP contribution in [0.4, 0.5) is 4.39 Å². The Morgan fingerprint density at radius 3 is 2.96 bits per heavy atom. The molecule has 2 aromatic rings. The van der Waals surface area contributed by atoms with Crippen molar-refractivity contribution in [3.8, 4) is 5.75 Å². The highest BCUT2D eigenvalue weighted by molar-refractivity contribution is 5.76. The fourth-order valence-corrected chi connectivity index (χ4v) is 3.10. The van der Waals surface area contributed by atoms with Gasteiger partial charge >= 0.3 is 0 Å². The van der Waals surface area contributed by atoms with Crippen LogP contribution in [0.5, 0.6) is 5.75 Å². The fourth-order valence-electron chi connectivity index (χ4n) is 3.10. The van der Waals surface area contributed by atoms with Crippen LogP contribution in [-0.4, -0.2) is 39.8 Å². The normalized spacial score (nSPS) is 17.7. The largest absolute Gasteiger partial charge is 0.490 e. The Hall–Kier alpha value is -2.37. The zero-order valence-corrected chi connectivity index (χ0v) is 13.6. The summed E-state index contributed by atoms with van der Waals surface area (Å²) in [5, 5.41) is 4.23. The Balaban J connectivity index is 1.53. The van der Waals surface area contributed by atoms with Gasteiger partial charge < -0.3 is 9.64 Å². The first-order chi connectivity index (χ1) is 11.7. The predicted molar refractivity (Wildman–Crippen MR) is 88.1 cm³/mol. The van der Waals surface area contributed by atoms with Crippen molar-refractivity contribution in [1.82, 2.24) is 14.7 Å². The molecule has 1 aromatic heterocycles. The minimum absolute atomic E-state index is 0.0585. The summed E-state index contributed by atoms with van der Waals surface area (Å²) in [6, 6.07) is 8.30. The number of hydrogen-bond acceptors (Lipinski definition) is 3. The van der Waals surface area contributed by atoms with Crippen LogP contribution in [0.2, 0.25) is 0 Å². The van der Waals surface area contributed by atoms with Crippen LogP contribution in [0.25, 0.3) is 0 Å². The van der Waals surface area contributed by atoms with Crippen LogP contribution in [-0.2, 0) is 11.3 Å². The van der Waals surface area contributed by atoms with E-state index in [2.05, 4.69) is 5.10 Å². The van der Waals surface area contributed by atoms with Crippen molar-refractivity contribution in [3.05, 3.63) is 48.5 Å². The van der Waals surface area contributed by atoms with Gasteiger partial charge in [0.15, 0.2) is 11.6 Å². The minimum atomic E-state index is -0.403. The second-order valence-corrected chi connectivity index (χ2v) is 5.99. The zero-order chi connectivity index (χ0) is 16.8. The summed E-state index contributed by atoms with van der Waals surface area (Å²) in [7, 11) is 0. The third kappa shape index (κ3) is 4.13. The molecule has 3 rings (SSSR count). The molecule has 0 bridgehead atoms. The molecule has 6 heteroatoms. The number of amides is 1. The van der Waals surface area contributed by atoms with Crippen LogP contribution >= 0.6 is 0 Å². The summed E-state index contributed by atoms with van der Waals surface area (Å²) in [5.74, 6) is -0.153. The summed E-state index contributed by atoms with van der Waals surface area (Å²) < 4.78 is 20.8. The van der Waals surface area contributed by atoms with E-state index in [0.717, 1.165) is 25.8 Å². The molecule has 1 atom stereocenters. The molecule has 1 saturated heterocycles. The van der Waals surface area contributed by atoms with Crippen LogP contribution in [0, 0.1) is 5.82 Å². The second-order valence-electron chi connectivity index (χ2n) is 5.99. The number of piperidine rings is 1. The number of likely N-dealkylation sites (tertiary alicyclic amines) is 1. The zero-order valence-electron chi connectivity index (χ0n) is 13.6.